The van der Waals surface area contributed by atoms with Crippen LogP contribution in [0.15, 0.2) is 12.2 Å². The molecule has 0 saturated carbocycles. The molecule has 16 nitrogen and oxygen atoms in total. The zero-order valence-electron chi connectivity index (χ0n) is 22.2. The van der Waals surface area contributed by atoms with E-state index in [0.29, 0.717) is 19.3 Å². The van der Waals surface area contributed by atoms with Crippen LogP contribution in [0.25, 0.3) is 0 Å². The number of methoxy groups -OCH3 is 2. The van der Waals surface area contributed by atoms with E-state index in [2.05, 4.69) is 5.32 Å². The lowest BCUT2D eigenvalue weighted by atomic mass is 9.98. The van der Waals surface area contributed by atoms with E-state index in [-0.39, 0.29) is 31.5 Å². The second-order valence-electron chi connectivity index (χ2n) is 9.58. The predicted molar refractivity (Wildman–Crippen MR) is 130 cm³/mol. The summed E-state index contributed by atoms with van der Waals surface area (Å²) in [6.45, 7) is -0.0576. The van der Waals surface area contributed by atoms with Gasteiger partial charge in [-0.15, -0.1) is 0 Å². The Labute approximate surface area is 230 Å². The lowest BCUT2D eigenvalue weighted by molar-refractivity contribution is -0.328. The number of carbonyl (C=O) groups is 3. The first-order chi connectivity index (χ1) is 19.1. The summed E-state index contributed by atoms with van der Waals surface area (Å²) in [7, 11) is 2.60. The number of imide groups is 1. The molecule has 40 heavy (non-hydrogen) atoms. The van der Waals surface area contributed by atoms with Crippen LogP contribution in [0, 0.1) is 0 Å². The zero-order valence-corrected chi connectivity index (χ0v) is 22.2. The third-order valence-electron chi connectivity index (χ3n) is 6.77. The third kappa shape index (κ3) is 7.94. The molecule has 2 fully saturated rings. The normalized spacial score (nSPS) is 36.2. The Morgan fingerprint density at radius 3 is 2.15 bits per heavy atom. The summed E-state index contributed by atoms with van der Waals surface area (Å²) < 4.78 is 31.8. The van der Waals surface area contributed by atoms with Gasteiger partial charge in [-0.05, 0) is 19.3 Å². The minimum absolute atomic E-state index is 0.0917. The molecule has 3 heterocycles. The highest BCUT2D eigenvalue weighted by molar-refractivity contribution is 6.12. The Balaban J connectivity index is 1.46. The maximum Gasteiger partial charge on any atom is 0.407 e. The first-order valence-electron chi connectivity index (χ1n) is 12.9. The van der Waals surface area contributed by atoms with Crippen molar-refractivity contribution >= 4 is 17.9 Å². The minimum Gasteiger partial charge on any atom is -0.440 e. The fourth-order valence-electron chi connectivity index (χ4n) is 4.50. The summed E-state index contributed by atoms with van der Waals surface area (Å²) in [4.78, 5) is 36.6. The number of alkyl carbamates (subject to hydrolysis) is 1. The molecule has 3 aliphatic rings. The van der Waals surface area contributed by atoms with Gasteiger partial charge in [-0.2, -0.15) is 0 Å². The van der Waals surface area contributed by atoms with E-state index in [9.17, 15) is 39.9 Å². The largest absolute Gasteiger partial charge is 0.440 e. The van der Waals surface area contributed by atoms with Crippen LogP contribution in [0.2, 0.25) is 0 Å². The van der Waals surface area contributed by atoms with Crippen molar-refractivity contribution in [3.05, 3.63) is 12.2 Å². The van der Waals surface area contributed by atoms with E-state index in [0.717, 1.165) is 4.90 Å². The first-order valence-corrected chi connectivity index (χ1v) is 12.9. The maximum absolute atomic E-state index is 12.4. The van der Waals surface area contributed by atoms with Crippen LogP contribution in [0.5, 0.6) is 0 Å². The van der Waals surface area contributed by atoms with Gasteiger partial charge < -0.3 is 59.3 Å². The monoisotopic (exact) mass is 578 g/mol. The highest BCUT2D eigenvalue weighted by atomic mass is 16.7. The summed E-state index contributed by atoms with van der Waals surface area (Å²) in [6.07, 6.45) is -11.0. The van der Waals surface area contributed by atoms with Gasteiger partial charge in [0.2, 0.25) is 0 Å². The van der Waals surface area contributed by atoms with Crippen molar-refractivity contribution in [2.24, 2.45) is 0 Å². The molecule has 3 amide bonds. The fourth-order valence-corrected chi connectivity index (χ4v) is 4.50. The number of nitrogens with one attached hydrogen (secondary N) is 1. The molecule has 0 aromatic heterocycles. The van der Waals surface area contributed by atoms with Crippen molar-refractivity contribution in [2.75, 3.05) is 40.5 Å². The number of ether oxygens (including phenoxy) is 6. The van der Waals surface area contributed by atoms with Crippen molar-refractivity contribution in [3.63, 3.8) is 0 Å². The number of hydrogen-bond acceptors (Lipinski definition) is 14. The highest BCUT2D eigenvalue weighted by Gasteiger charge is 2.49. The van der Waals surface area contributed by atoms with Crippen molar-refractivity contribution in [1.82, 2.24) is 10.2 Å². The predicted octanol–water partition coefficient (Wildman–Crippen LogP) is -3.26. The van der Waals surface area contributed by atoms with Gasteiger partial charge in [0.25, 0.3) is 11.8 Å². The molecule has 3 rings (SSSR count). The van der Waals surface area contributed by atoms with Crippen LogP contribution < -0.4 is 5.32 Å². The Morgan fingerprint density at radius 1 is 0.850 bits per heavy atom. The number of hydrogen-bond donors (Lipinski definition) is 6. The van der Waals surface area contributed by atoms with E-state index in [4.69, 9.17) is 28.4 Å². The molecular weight excluding hydrogens is 540 g/mol. The Morgan fingerprint density at radius 2 is 1.50 bits per heavy atom. The van der Waals surface area contributed by atoms with Gasteiger partial charge in [0.15, 0.2) is 18.7 Å². The van der Waals surface area contributed by atoms with E-state index >= 15 is 0 Å². The molecule has 2 saturated heterocycles. The standard InChI is InChI=1S/C24H38N2O14/c1-35-10-12-16(29)18(31)19(32)23(39-12)37-11-13-17(30)21(20(33)22(36-2)38-13)40-24(34)25-8-4-3-5-9-26-14(27)6-7-15(26)28/h6-7,12-13,16-23,29-33H,3-5,8-11H2,1-2H3,(H,25,34)/t12?,13?,16-,17-,18+,19?,20?,21+,22+,23-/m1/s1. The fraction of sp³-hybridized carbons (Fsp3) is 0.792. The molecule has 16 heteroatoms. The summed E-state index contributed by atoms with van der Waals surface area (Å²) >= 11 is 0. The number of aliphatic hydroxyl groups is 5. The minimum atomic E-state index is -1.63. The van der Waals surface area contributed by atoms with Gasteiger partial charge in [0.1, 0.15) is 42.7 Å². The van der Waals surface area contributed by atoms with E-state index in [1.54, 1.807) is 0 Å². The van der Waals surface area contributed by atoms with Crippen LogP contribution in [0.3, 0.4) is 0 Å². The van der Waals surface area contributed by atoms with E-state index < -0.39 is 74.1 Å². The Hall–Kier alpha value is -2.25. The quantitative estimate of drug-likeness (QED) is 0.0933. The SMILES string of the molecule is COCC1O[C@@H](OCC2O[C@H](OC)C(O)[C@@H](OC(=O)NCCCCCN3C(=O)C=CC3=O)[C@@H]2O)C(O)[C@@H](O)[C@@H]1O. The van der Waals surface area contributed by atoms with Crippen LogP contribution >= 0.6 is 0 Å². The maximum atomic E-state index is 12.4. The summed E-state index contributed by atoms with van der Waals surface area (Å²) in [6, 6.07) is 0. The smallest absolute Gasteiger partial charge is 0.407 e. The molecule has 0 aromatic carbocycles. The molecule has 6 N–H and O–H groups in total. The summed E-state index contributed by atoms with van der Waals surface area (Å²) in [5, 5.41) is 54.2. The average Bonchev–Trinajstić information content (AvgIpc) is 3.25. The van der Waals surface area contributed by atoms with E-state index in [1.165, 1.54) is 26.4 Å². The lowest BCUT2D eigenvalue weighted by Crippen LogP contribution is -2.62. The Bertz CT molecular complexity index is 872. The van der Waals surface area contributed by atoms with Crippen LogP contribution in [-0.4, -0.2) is 150 Å². The van der Waals surface area contributed by atoms with Gasteiger partial charge in [-0.25, -0.2) is 4.79 Å². The summed E-state index contributed by atoms with van der Waals surface area (Å²) in [5.74, 6) is -0.708. The third-order valence-corrected chi connectivity index (χ3v) is 6.77. The van der Waals surface area contributed by atoms with Gasteiger partial charge in [0, 0.05) is 39.5 Å². The van der Waals surface area contributed by atoms with Crippen molar-refractivity contribution < 1.29 is 68.3 Å². The van der Waals surface area contributed by atoms with Gasteiger partial charge in [0.05, 0.1) is 13.2 Å². The molecule has 0 bridgehead atoms. The van der Waals surface area contributed by atoms with Crippen molar-refractivity contribution in [3.8, 4) is 0 Å². The van der Waals surface area contributed by atoms with Crippen molar-refractivity contribution in [2.45, 2.75) is 80.7 Å². The molecule has 0 spiro atoms. The molecule has 10 atom stereocenters. The second kappa shape index (κ2) is 15.1. The molecule has 0 aliphatic carbocycles. The second-order valence-corrected chi connectivity index (χ2v) is 9.58. The van der Waals surface area contributed by atoms with Crippen LogP contribution in [-0.2, 0) is 38.0 Å². The zero-order chi connectivity index (χ0) is 29.4. The van der Waals surface area contributed by atoms with Gasteiger partial charge >= 0.3 is 6.09 Å². The molecule has 228 valence electrons. The van der Waals surface area contributed by atoms with Crippen LogP contribution in [0.1, 0.15) is 19.3 Å². The highest BCUT2D eigenvalue weighted by Crippen LogP contribution is 2.27. The number of amides is 3. The van der Waals surface area contributed by atoms with Gasteiger partial charge in [-0.1, -0.05) is 0 Å². The van der Waals surface area contributed by atoms with Crippen LogP contribution in [0.4, 0.5) is 4.79 Å². The molecule has 0 aromatic rings. The number of carbonyl (C=O) groups excluding carboxylic acids is 3. The number of aliphatic hydroxyl groups excluding tert-OH is 5. The molecular formula is C24H38N2O14. The number of unbranched alkanes of at least 4 members (excludes halogenated alkanes) is 2. The van der Waals surface area contributed by atoms with Crippen molar-refractivity contribution in [1.29, 1.82) is 0 Å². The topological polar surface area (TPSA) is 223 Å². The molecule has 0 radical (unpaired) electrons. The molecule has 3 aliphatic heterocycles. The average molecular weight is 579 g/mol. The van der Waals surface area contributed by atoms with E-state index in [1.807, 2.05) is 0 Å². The first kappa shape index (κ1) is 32.3. The molecule has 4 unspecified atom stereocenters. The van der Waals surface area contributed by atoms with Gasteiger partial charge in [-0.3, -0.25) is 14.5 Å². The number of nitrogens with zero attached hydrogens (tertiary/aromatic N) is 1. The lowest BCUT2D eigenvalue weighted by Gasteiger charge is -2.43. The number of rotatable bonds is 13. The Kier molecular flexibility index (Phi) is 12.2. The summed E-state index contributed by atoms with van der Waals surface area (Å²) in [5.41, 5.74) is 0.